The monoisotopic (exact) mass is 481 g/mol. The van der Waals surface area contributed by atoms with Crippen molar-refractivity contribution in [1.82, 2.24) is 14.5 Å². The molecular formula is C33H27N3O. The van der Waals surface area contributed by atoms with Crippen LogP contribution in [0.4, 0.5) is 0 Å². The highest BCUT2D eigenvalue weighted by Gasteiger charge is 2.22. The van der Waals surface area contributed by atoms with E-state index in [0.29, 0.717) is 0 Å². The van der Waals surface area contributed by atoms with Gasteiger partial charge in [0.15, 0.2) is 0 Å². The summed E-state index contributed by atoms with van der Waals surface area (Å²) in [4.78, 5) is 9.66. The number of nitrogens with zero attached hydrogens (tertiary/aromatic N) is 3. The molecule has 0 aliphatic heterocycles. The van der Waals surface area contributed by atoms with Crippen LogP contribution in [0.25, 0.3) is 44.8 Å². The molecule has 37 heavy (non-hydrogen) atoms. The molecule has 2 aromatic heterocycles. The molecule has 0 fully saturated rings. The van der Waals surface area contributed by atoms with Gasteiger partial charge in [-0.1, -0.05) is 85.8 Å². The maximum absolute atomic E-state index is 11.1. The molecule has 6 rings (SSSR count). The molecule has 1 unspecified atom stereocenters. The number of phenolic OH excluding ortho intramolecular Hbond substituents is 1. The fourth-order valence-corrected chi connectivity index (χ4v) is 5.13. The van der Waals surface area contributed by atoms with Crippen LogP contribution in [0, 0.1) is 0 Å². The van der Waals surface area contributed by atoms with Crippen molar-refractivity contribution >= 4 is 11.0 Å². The molecule has 0 bridgehead atoms. The Hall–Kier alpha value is -4.70. The molecule has 0 radical (unpaired) electrons. The third-order valence-electron chi connectivity index (χ3n) is 7.11. The van der Waals surface area contributed by atoms with Crippen molar-refractivity contribution in [3.8, 4) is 39.5 Å². The molecule has 4 heteroatoms. The second-order valence-electron chi connectivity index (χ2n) is 9.34. The summed E-state index contributed by atoms with van der Waals surface area (Å²) in [5.74, 6) is 1.08. The van der Waals surface area contributed by atoms with Gasteiger partial charge in [0.25, 0.3) is 0 Å². The van der Waals surface area contributed by atoms with Gasteiger partial charge in [-0.25, -0.2) is 4.98 Å². The minimum Gasteiger partial charge on any atom is -0.507 e. The van der Waals surface area contributed by atoms with Crippen LogP contribution in [0.3, 0.4) is 0 Å². The fraction of sp³-hybridized carbons (Fsp3) is 0.0909. The zero-order valence-electron chi connectivity index (χ0n) is 20.8. The van der Waals surface area contributed by atoms with Gasteiger partial charge in [-0.2, -0.15) is 0 Å². The average molecular weight is 482 g/mol. The lowest BCUT2D eigenvalue weighted by molar-refractivity contribution is 0.475. The van der Waals surface area contributed by atoms with E-state index < -0.39 is 0 Å². The summed E-state index contributed by atoms with van der Waals surface area (Å²) in [7, 11) is 2.02. The molecule has 6 aromatic rings. The summed E-state index contributed by atoms with van der Waals surface area (Å²) < 4.78 is 2.08. The van der Waals surface area contributed by atoms with E-state index in [1.54, 1.807) is 6.07 Å². The first-order valence-corrected chi connectivity index (χ1v) is 12.5. The van der Waals surface area contributed by atoms with Gasteiger partial charge >= 0.3 is 0 Å². The number of rotatable bonds is 5. The van der Waals surface area contributed by atoms with E-state index in [2.05, 4.69) is 89.3 Å². The van der Waals surface area contributed by atoms with Crippen LogP contribution in [0.5, 0.6) is 5.75 Å². The van der Waals surface area contributed by atoms with E-state index >= 15 is 0 Å². The molecule has 0 amide bonds. The molecular weight excluding hydrogens is 454 g/mol. The molecule has 1 atom stereocenters. The minimum atomic E-state index is 0.0950. The van der Waals surface area contributed by atoms with Crippen molar-refractivity contribution in [1.29, 1.82) is 0 Å². The quantitative estimate of drug-likeness (QED) is 0.273. The van der Waals surface area contributed by atoms with Crippen molar-refractivity contribution in [2.45, 2.75) is 12.8 Å². The zero-order chi connectivity index (χ0) is 25.4. The molecule has 4 nitrogen and oxygen atoms in total. The van der Waals surface area contributed by atoms with Crippen molar-refractivity contribution in [2.24, 2.45) is 7.05 Å². The number of fused-ring (bicyclic) bond motifs is 1. The molecule has 180 valence electrons. The Labute approximate surface area is 216 Å². The predicted molar refractivity (Wildman–Crippen MR) is 150 cm³/mol. The number of para-hydroxylation sites is 1. The van der Waals surface area contributed by atoms with Crippen LogP contribution >= 0.6 is 0 Å². The van der Waals surface area contributed by atoms with E-state index in [0.717, 1.165) is 50.4 Å². The molecule has 0 saturated heterocycles. The van der Waals surface area contributed by atoms with Crippen LogP contribution in [0.2, 0.25) is 0 Å². The summed E-state index contributed by atoms with van der Waals surface area (Å²) in [6, 6.07) is 36.7. The molecule has 4 aromatic carbocycles. The highest BCUT2D eigenvalue weighted by atomic mass is 16.3. The molecule has 1 N–H and O–H groups in total. The highest BCUT2D eigenvalue weighted by molar-refractivity contribution is 5.95. The number of benzene rings is 4. The Morgan fingerprint density at radius 1 is 0.757 bits per heavy atom. The smallest absolute Gasteiger partial charge is 0.144 e. The van der Waals surface area contributed by atoms with E-state index in [9.17, 15) is 5.11 Å². The first-order valence-electron chi connectivity index (χ1n) is 12.5. The normalized spacial score (nSPS) is 12.1. The second-order valence-corrected chi connectivity index (χ2v) is 9.34. The molecule has 0 spiro atoms. The van der Waals surface area contributed by atoms with Gasteiger partial charge in [0.2, 0.25) is 0 Å². The lowest BCUT2D eigenvalue weighted by Crippen LogP contribution is -2.02. The topological polar surface area (TPSA) is 50.9 Å². The minimum absolute atomic E-state index is 0.0950. The number of aromatic nitrogens is 3. The summed E-state index contributed by atoms with van der Waals surface area (Å²) in [5, 5.41) is 11.1. The van der Waals surface area contributed by atoms with E-state index in [-0.39, 0.29) is 11.7 Å². The number of hydrogen-bond acceptors (Lipinski definition) is 3. The number of phenols is 1. The van der Waals surface area contributed by atoms with Crippen LogP contribution in [0.15, 0.2) is 115 Å². The number of imidazole rings is 1. The van der Waals surface area contributed by atoms with Crippen molar-refractivity contribution in [3.05, 3.63) is 127 Å². The highest BCUT2D eigenvalue weighted by Crippen LogP contribution is 2.40. The number of pyridine rings is 1. The van der Waals surface area contributed by atoms with Gasteiger partial charge in [0, 0.05) is 30.3 Å². The van der Waals surface area contributed by atoms with Crippen LogP contribution in [0.1, 0.15) is 24.0 Å². The summed E-state index contributed by atoms with van der Waals surface area (Å²) >= 11 is 0. The van der Waals surface area contributed by atoms with Gasteiger partial charge in [0.1, 0.15) is 11.6 Å². The molecule has 0 aliphatic carbocycles. The Morgan fingerprint density at radius 3 is 2.32 bits per heavy atom. The Morgan fingerprint density at radius 2 is 1.51 bits per heavy atom. The summed E-state index contributed by atoms with van der Waals surface area (Å²) in [5.41, 5.74) is 9.04. The van der Waals surface area contributed by atoms with Gasteiger partial charge < -0.3 is 9.67 Å². The van der Waals surface area contributed by atoms with E-state index in [1.165, 1.54) is 5.56 Å². The third kappa shape index (κ3) is 4.07. The van der Waals surface area contributed by atoms with Crippen LogP contribution in [-0.2, 0) is 7.05 Å². The average Bonchev–Trinajstić information content (AvgIpc) is 3.29. The third-order valence-corrected chi connectivity index (χ3v) is 7.11. The van der Waals surface area contributed by atoms with Crippen molar-refractivity contribution < 1.29 is 5.11 Å². The first kappa shape index (κ1) is 22.7. The standard InChI is InChI=1S/C33H27N3O/c1-22(23-11-4-3-5-12-23)26-15-10-19-30(37)31(26)33-35-32-27(16-9-18-29(32)36(33)2)24-13-8-14-25(21-24)28-17-6-7-20-34-28/h3-22,37H,1-2H3. The summed E-state index contributed by atoms with van der Waals surface area (Å²) in [6.07, 6.45) is 1.81. The summed E-state index contributed by atoms with van der Waals surface area (Å²) in [6.45, 7) is 2.17. The number of hydrogen-bond donors (Lipinski definition) is 1. The molecule has 2 heterocycles. The fourth-order valence-electron chi connectivity index (χ4n) is 5.13. The lowest BCUT2D eigenvalue weighted by atomic mass is 9.89. The zero-order valence-corrected chi connectivity index (χ0v) is 20.8. The van der Waals surface area contributed by atoms with Crippen LogP contribution < -0.4 is 0 Å². The number of aromatic hydroxyl groups is 1. The predicted octanol–water partition coefficient (Wildman–Crippen LogP) is 7.83. The second kappa shape index (κ2) is 9.40. The maximum atomic E-state index is 11.1. The lowest BCUT2D eigenvalue weighted by Gasteiger charge is -2.18. The number of aryl methyl sites for hydroxylation is 1. The molecule has 0 saturated carbocycles. The van der Waals surface area contributed by atoms with Crippen molar-refractivity contribution in [3.63, 3.8) is 0 Å². The van der Waals surface area contributed by atoms with Crippen LogP contribution in [-0.4, -0.2) is 19.6 Å². The SMILES string of the molecule is CC(c1ccccc1)c1cccc(O)c1-c1nc2c(-c3cccc(-c4ccccn4)c3)cccc2n1C. The largest absolute Gasteiger partial charge is 0.507 e. The Bertz CT molecular complexity index is 1710. The Kier molecular flexibility index (Phi) is 5.78. The van der Waals surface area contributed by atoms with Gasteiger partial charge in [0.05, 0.1) is 22.3 Å². The van der Waals surface area contributed by atoms with Gasteiger partial charge in [-0.15, -0.1) is 0 Å². The van der Waals surface area contributed by atoms with Gasteiger partial charge in [-0.3, -0.25) is 4.98 Å². The van der Waals surface area contributed by atoms with E-state index in [4.69, 9.17) is 4.98 Å². The maximum Gasteiger partial charge on any atom is 0.144 e. The molecule has 0 aliphatic rings. The Balaban J connectivity index is 1.52. The van der Waals surface area contributed by atoms with E-state index in [1.807, 2.05) is 43.6 Å². The van der Waals surface area contributed by atoms with Gasteiger partial charge in [-0.05, 0) is 47.0 Å². The van der Waals surface area contributed by atoms with Crippen molar-refractivity contribution in [2.75, 3.05) is 0 Å². The first-order chi connectivity index (χ1) is 18.1.